The van der Waals surface area contributed by atoms with E-state index in [-0.39, 0.29) is 11.3 Å². The Morgan fingerprint density at radius 3 is 2.84 bits per heavy atom. The Morgan fingerprint density at radius 2 is 2.26 bits per heavy atom. The topological polar surface area (TPSA) is 67.2 Å². The maximum atomic E-state index is 12.5. The molecule has 106 valence electrons. The van der Waals surface area contributed by atoms with Gasteiger partial charge in [-0.25, -0.2) is 0 Å². The fourth-order valence-corrected chi connectivity index (χ4v) is 2.83. The minimum atomic E-state index is -0.199. The zero-order chi connectivity index (χ0) is 13.7. The zero-order valence-corrected chi connectivity index (χ0v) is 11.8. The third-order valence-corrected chi connectivity index (χ3v) is 3.87. The summed E-state index contributed by atoms with van der Waals surface area (Å²) in [6.07, 6.45) is 3.83. The molecule has 0 aromatic carbocycles. The van der Waals surface area contributed by atoms with Gasteiger partial charge in [-0.3, -0.25) is 4.79 Å². The van der Waals surface area contributed by atoms with Gasteiger partial charge in [0.2, 0.25) is 5.91 Å². The Kier molecular flexibility index (Phi) is 4.58. The van der Waals surface area contributed by atoms with Crippen LogP contribution in [-0.4, -0.2) is 24.2 Å². The fraction of sp³-hybridized carbons (Fsp3) is 0.714. The van der Waals surface area contributed by atoms with Crippen LogP contribution >= 0.6 is 0 Å². The molecule has 0 atom stereocenters. The van der Waals surface area contributed by atoms with Gasteiger partial charge < -0.3 is 15.2 Å². The lowest BCUT2D eigenvalue weighted by atomic mass is 9.74. The van der Waals surface area contributed by atoms with E-state index < -0.39 is 0 Å². The van der Waals surface area contributed by atoms with Crippen molar-refractivity contribution in [3.05, 3.63) is 17.5 Å². The van der Waals surface area contributed by atoms with Crippen molar-refractivity contribution in [2.75, 3.05) is 13.1 Å². The van der Waals surface area contributed by atoms with Crippen LogP contribution in [0.2, 0.25) is 0 Å². The minimum absolute atomic E-state index is 0.157. The van der Waals surface area contributed by atoms with Gasteiger partial charge in [-0.1, -0.05) is 18.5 Å². The van der Waals surface area contributed by atoms with Crippen LogP contribution in [0.1, 0.15) is 44.1 Å². The molecule has 0 saturated carbocycles. The molecule has 1 fully saturated rings. The molecule has 5 heteroatoms. The Balaban J connectivity index is 1.95. The summed E-state index contributed by atoms with van der Waals surface area (Å²) >= 11 is 0. The van der Waals surface area contributed by atoms with Crippen LogP contribution in [0.5, 0.6) is 0 Å². The number of nitrogens with zero attached hydrogens (tertiary/aromatic N) is 1. The summed E-state index contributed by atoms with van der Waals surface area (Å²) in [6.45, 7) is 6.29. The van der Waals surface area contributed by atoms with Gasteiger partial charge >= 0.3 is 0 Å². The monoisotopic (exact) mass is 265 g/mol. The van der Waals surface area contributed by atoms with Crippen molar-refractivity contribution in [2.24, 2.45) is 5.41 Å². The maximum Gasteiger partial charge on any atom is 0.226 e. The van der Waals surface area contributed by atoms with E-state index in [4.69, 9.17) is 4.52 Å². The van der Waals surface area contributed by atoms with E-state index in [9.17, 15) is 4.79 Å². The summed E-state index contributed by atoms with van der Waals surface area (Å²) in [7, 11) is 0. The van der Waals surface area contributed by atoms with Crippen molar-refractivity contribution in [3.8, 4) is 0 Å². The normalized spacial score (nSPS) is 18.2. The number of rotatable bonds is 5. The SMILES string of the molecule is CCCC1(C(=O)NCc2cc(C)no2)CCNCC1. The lowest BCUT2D eigenvalue weighted by molar-refractivity contribution is -0.133. The second-order valence-corrected chi connectivity index (χ2v) is 5.40. The van der Waals surface area contributed by atoms with E-state index in [2.05, 4.69) is 22.7 Å². The molecule has 0 radical (unpaired) electrons. The molecule has 1 aromatic heterocycles. The lowest BCUT2D eigenvalue weighted by Gasteiger charge is -2.36. The highest BCUT2D eigenvalue weighted by Gasteiger charge is 2.38. The van der Waals surface area contributed by atoms with Crippen LogP contribution in [-0.2, 0) is 11.3 Å². The first-order valence-corrected chi connectivity index (χ1v) is 7.07. The predicted molar refractivity (Wildman–Crippen MR) is 72.5 cm³/mol. The van der Waals surface area contributed by atoms with Crippen molar-refractivity contribution in [3.63, 3.8) is 0 Å². The molecule has 5 nitrogen and oxygen atoms in total. The number of hydrogen-bond acceptors (Lipinski definition) is 4. The molecular weight excluding hydrogens is 242 g/mol. The van der Waals surface area contributed by atoms with Gasteiger partial charge in [0.25, 0.3) is 0 Å². The largest absolute Gasteiger partial charge is 0.359 e. The molecule has 2 heterocycles. The second kappa shape index (κ2) is 6.19. The van der Waals surface area contributed by atoms with Gasteiger partial charge in [0.1, 0.15) is 0 Å². The quantitative estimate of drug-likeness (QED) is 0.851. The van der Waals surface area contributed by atoms with Crippen LogP contribution in [0.15, 0.2) is 10.6 Å². The van der Waals surface area contributed by atoms with Gasteiger partial charge in [-0.15, -0.1) is 0 Å². The van der Waals surface area contributed by atoms with Crippen LogP contribution in [0.25, 0.3) is 0 Å². The van der Waals surface area contributed by atoms with Crippen LogP contribution in [0.3, 0.4) is 0 Å². The summed E-state index contributed by atoms with van der Waals surface area (Å²) < 4.78 is 5.12. The molecular formula is C14H23N3O2. The van der Waals surface area contributed by atoms with E-state index >= 15 is 0 Å². The first-order valence-electron chi connectivity index (χ1n) is 7.07. The van der Waals surface area contributed by atoms with E-state index in [1.165, 1.54) is 0 Å². The number of nitrogens with one attached hydrogen (secondary N) is 2. The van der Waals surface area contributed by atoms with E-state index in [1.807, 2.05) is 13.0 Å². The molecule has 0 spiro atoms. The van der Waals surface area contributed by atoms with Crippen LogP contribution in [0.4, 0.5) is 0 Å². The smallest absolute Gasteiger partial charge is 0.226 e. The standard InChI is InChI=1S/C14H23N3O2/c1-3-4-14(5-7-15-8-6-14)13(18)16-10-12-9-11(2)17-19-12/h9,15H,3-8,10H2,1-2H3,(H,16,18). The van der Waals surface area contributed by atoms with Gasteiger partial charge in [0.05, 0.1) is 17.7 Å². The summed E-state index contributed by atoms with van der Waals surface area (Å²) in [5.41, 5.74) is 0.643. The van der Waals surface area contributed by atoms with Gasteiger partial charge in [0, 0.05) is 6.07 Å². The minimum Gasteiger partial charge on any atom is -0.359 e. The summed E-state index contributed by atoms with van der Waals surface area (Å²) in [6, 6.07) is 1.86. The van der Waals surface area contributed by atoms with Crippen molar-refractivity contribution in [1.82, 2.24) is 15.8 Å². The Hall–Kier alpha value is -1.36. The van der Waals surface area contributed by atoms with E-state index in [1.54, 1.807) is 0 Å². The number of amides is 1. The molecule has 1 aliphatic rings. The van der Waals surface area contributed by atoms with Crippen molar-refractivity contribution in [2.45, 2.75) is 46.1 Å². The fourth-order valence-electron chi connectivity index (χ4n) is 2.83. The number of aryl methyl sites for hydroxylation is 1. The molecule has 1 saturated heterocycles. The van der Waals surface area contributed by atoms with Crippen molar-refractivity contribution >= 4 is 5.91 Å². The number of carbonyl (C=O) groups excluding carboxylic acids is 1. The van der Waals surface area contributed by atoms with E-state index in [0.29, 0.717) is 12.3 Å². The average molecular weight is 265 g/mol. The third-order valence-electron chi connectivity index (χ3n) is 3.87. The highest BCUT2D eigenvalue weighted by atomic mass is 16.5. The summed E-state index contributed by atoms with van der Waals surface area (Å²) in [5.74, 6) is 0.872. The van der Waals surface area contributed by atoms with Crippen LogP contribution in [0, 0.1) is 12.3 Å². The summed E-state index contributed by atoms with van der Waals surface area (Å²) in [4.78, 5) is 12.5. The van der Waals surface area contributed by atoms with Gasteiger partial charge in [0.15, 0.2) is 5.76 Å². The van der Waals surface area contributed by atoms with Gasteiger partial charge in [-0.2, -0.15) is 0 Å². The average Bonchev–Trinajstić information content (AvgIpc) is 2.83. The van der Waals surface area contributed by atoms with Crippen molar-refractivity contribution < 1.29 is 9.32 Å². The highest BCUT2D eigenvalue weighted by molar-refractivity contribution is 5.82. The Bertz CT molecular complexity index is 417. The number of piperidine rings is 1. The molecule has 1 aliphatic heterocycles. The lowest BCUT2D eigenvalue weighted by Crippen LogP contribution is -2.47. The number of aromatic nitrogens is 1. The summed E-state index contributed by atoms with van der Waals surface area (Å²) in [5, 5.41) is 10.2. The van der Waals surface area contributed by atoms with Crippen LogP contribution < -0.4 is 10.6 Å². The molecule has 0 aliphatic carbocycles. The predicted octanol–water partition coefficient (Wildman–Crippen LogP) is 1.77. The molecule has 1 aromatic rings. The zero-order valence-electron chi connectivity index (χ0n) is 11.8. The first kappa shape index (κ1) is 14.1. The van der Waals surface area contributed by atoms with Gasteiger partial charge in [-0.05, 0) is 39.3 Å². The first-order chi connectivity index (χ1) is 9.16. The molecule has 0 bridgehead atoms. The van der Waals surface area contributed by atoms with Crippen molar-refractivity contribution in [1.29, 1.82) is 0 Å². The maximum absolute atomic E-state index is 12.5. The Morgan fingerprint density at radius 1 is 1.53 bits per heavy atom. The number of carbonyl (C=O) groups is 1. The highest BCUT2D eigenvalue weighted by Crippen LogP contribution is 2.34. The molecule has 2 N–H and O–H groups in total. The number of hydrogen-bond donors (Lipinski definition) is 2. The molecule has 2 rings (SSSR count). The molecule has 19 heavy (non-hydrogen) atoms. The second-order valence-electron chi connectivity index (χ2n) is 5.40. The Labute approximate surface area is 114 Å². The third kappa shape index (κ3) is 3.35. The molecule has 1 amide bonds. The van der Waals surface area contributed by atoms with E-state index in [0.717, 1.165) is 44.5 Å². The molecule has 0 unspecified atom stereocenters.